The van der Waals surface area contributed by atoms with Gasteiger partial charge in [0, 0.05) is 12.1 Å². The van der Waals surface area contributed by atoms with Crippen LogP contribution in [0.2, 0.25) is 0 Å². The van der Waals surface area contributed by atoms with Gasteiger partial charge >= 0.3 is 0 Å². The van der Waals surface area contributed by atoms with Gasteiger partial charge in [-0.1, -0.05) is 18.2 Å². The summed E-state index contributed by atoms with van der Waals surface area (Å²) in [5.41, 5.74) is 4.04. The third-order valence-electron chi connectivity index (χ3n) is 3.77. The van der Waals surface area contributed by atoms with E-state index in [-0.39, 0.29) is 12.5 Å². The molecular formula is C19H24N2O3S. The van der Waals surface area contributed by atoms with Crippen molar-refractivity contribution in [2.45, 2.75) is 27.3 Å². The second kappa shape index (κ2) is 7.70. The second-order valence-electron chi connectivity index (χ2n) is 6.17. The van der Waals surface area contributed by atoms with E-state index in [1.54, 1.807) is 24.3 Å². The van der Waals surface area contributed by atoms with Gasteiger partial charge in [-0.15, -0.1) is 0 Å². The van der Waals surface area contributed by atoms with Gasteiger partial charge in [0.15, 0.2) is 0 Å². The van der Waals surface area contributed by atoms with Crippen LogP contribution in [0.25, 0.3) is 0 Å². The summed E-state index contributed by atoms with van der Waals surface area (Å²) in [6, 6.07) is 12.7. The number of sulfonamides is 1. The van der Waals surface area contributed by atoms with Gasteiger partial charge < -0.3 is 5.32 Å². The number of anilines is 1. The van der Waals surface area contributed by atoms with E-state index in [0.717, 1.165) is 16.7 Å². The van der Waals surface area contributed by atoms with Crippen molar-refractivity contribution in [2.24, 2.45) is 0 Å². The van der Waals surface area contributed by atoms with Gasteiger partial charge in [0.1, 0.15) is 0 Å². The van der Waals surface area contributed by atoms with E-state index >= 15 is 0 Å². The van der Waals surface area contributed by atoms with Gasteiger partial charge in [0.25, 0.3) is 5.91 Å². The number of benzene rings is 2. The maximum atomic E-state index is 12.3. The van der Waals surface area contributed by atoms with E-state index in [1.165, 1.54) is 10.6 Å². The Morgan fingerprint density at radius 2 is 1.60 bits per heavy atom. The van der Waals surface area contributed by atoms with Crippen molar-refractivity contribution in [3.8, 4) is 0 Å². The van der Waals surface area contributed by atoms with Gasteiger partial charge in [-0.3, -0.25) is 9.10 Å². The van der Waals surface area contributed by atoms with Crippen LogP contribution in [0.4, 0.5) is 5.69 Å². The van der Waals surface area contributed by atoms with Crippen molar-refractivity contribution in [3.63, 3.8) is 0 Å². The fourth-order valence-electron chi connectivity index (χ4n) is 2.68. The number of amides is 1. The van der Waals surface area contributed by atoms with E-state index in [1.807, 2.05) is 39.0 Å². The number of rotatable bonds is 6. The van der Waals surface area contributed by atoms with E-state index in [9.17, 15) is 13.2 Å². The Balaban J connectivity index is 2.31. The maximum absolute atomic E-state index is 12.3. The molecule has 0 fully saturated rings. The third-order valence-corrected chi connectivity index (χ3v) is 4.91. The lowest BCUT2D eigenvalue weighted by Crippen LogP contribution is -2.29. The lowest BCUT2D eigenvalue weighted by molar-refractivity contribution is 0.0956. The van der Waals surface area contributed by atoms with Gasteiger partial charge in [-0.2, -0.15) is 0 Å². The van der Waals surface area contributed by atoms with Gasteiger partial charge in [-0.25, -0.2) is 8.42 Å². The number of hydrogen-bond acceptors (Lipinski definition) is 3. The molecule has 2 aromatic rings. The van der Waals surface area contributed by atoms with Crippen LogP contribution < -0.4 is 9.62 Å². The van der Waals surface area contributed by atoms with Crippen LogP contribution in [0.3, 0.4) is 0 Å². The molecule has 0 atom stereocenters. The quantitative estimate of drug-likeness (QED) is 0.861. The minimum atomic E-state index is -3.43. The molecule has 1 N–H and O–H groups in total. The molecule has 2 rings (SSSR count). The molecule has 0 saturated carbocycles. The topological polar surface area (TPSA) is 66.5 Å². The van der Waals surface area contributed by atoms with Crippen molar-refractivity contribution in [1.29, 1.82) is 0 Å². The fraction of sp³-hybridized carbons (Fsp3) is 0.316. The molecule has 0 unspecified atom stereocenters. The molecule has 0 saturated heterocycles. The smallest absolute Gasteiger partial charge is 0.251 e. The van der Waals surface area contributed by atoms with Gasteiger partial charge in [0.2, 0.25) is 10.0 Å². The van der Waals surface area contributed by atoms with Crippen LogP contribution in [-0.2, 0) is 16.6 Å². The van der Waals surface area contributed by atoms with Crippen LogP contribution in [0.1, 0.15) is 34.0 Å². The van der Waals surface area contributed by atoms with Crippen molar-refractivity contribution in [1.82, 2.24) is 5.32 Å². The van der Waals surface area contributed by atoms with E-state index in [2.05, 4.69) is 5.32 Å². The minimum Gasteiger partial charge on any atom is -0.352 e. The molecule has 0 radical (unpaired) electrons. The predicted octanol–water partition coefficient (Wildman–Crippen LogP) is 3.02. The Labute approximate surface area is 149 Å². The van der Waals surface area contributed by atoms with Crippen LogP contribution in [-0.4, -0.2) is 27.1 Å². The van der Waals surface area contributed by atoms with Crippen molar-refractivity contribution < 1.29 is 13.2 Å². The summed E-state index contributed by atoms with van der Waals surface area (Å²) in [6.45, 7) is 6.53. The molecule has 6 heteroatoms. The lowest BCUT2D eigenvalue weighted by atomic mass is 10.1. The number of carbonyl (C=O) groups excluding carboxylic acids is 1. The zero-order chi connectivity index (χ0) is 18.6. The molecular weight excluding hydrogens is 336 g/mol. The molecule has 0 spiro atoms. The van der Waals surface area contributed by atoms with E-state index in [0.29, 0.717) is 17.8 Å². The largest absolute Gasteiger partial charge is 0.352 e. The van der Waals surface area contributed by atoms with Gasteiger partial charge in [-0.05, 0) is 61.7 Å². The van der Waals surface area contributed by atoms with E-state index in [4.69, 9.17) is 0 Å². The number of aryl methyl sites for hydroxylation is 2. The van der Waals surface area contributed by atoms with Crippen molar-refractivity contribution >= 4 is 21.6 Å². The first-order valence-corrected chi connectivity index (χ1v) is 9.98. The molecule has 5 nitrogen and oxygen atoms in total. The Bertz CT molecular complexity index is 838. The molecule has 0 heterocycles. The van der Waals surface area contributed by atoms with Crippen LogP contribution in [0.15, 0.2) is 42.5 Å². The zero-order valence-electron chi connectivity index (χ0n) is 15.0. The summed E-state index contributed by atoms with van der Waals surface area (Å²) in [7, 11) is -3.43. The summed E-state index contributed by atoms with van der Waals surface area (Å²) < 4.78 is 25.9. The molecule has 25 heavy (non-hydrogen) atoms. The standard InChI is InChI=1S/C19H24N2O3S/c1-5-20-19(22)17-8-6-16(7-9-17)13-21(25(4,23)24)18-11-14(2)10-15(3)12-18/h6-12H,5,13H2,1-4H3,(H,20,22). The third kappa shape index (κ3) is 5.06. The monoisotopic (exact) mass is 360 g/mol. The normalized spacial score (nSPS) is 11.2. The lowest BCUT2D eigenvalue weighted by Gasteiger charge is -2.23. The van der Waals surface area contributed by atoms with Crippen LogP contribution >= 0.6 is 0 Å². The summed E-state index contributed by atoms with van der Waals surface area (Å²) in [6.07, 6.45) is 1.20. The summed E-state index contributed by atoms with van der Waals surface area (Å²) >= 11 is 0. The Kier molecular flexibility index (Phi) is 5.85. The number of hydrogen-bond donors (Lipinski definition) is 1. The van der Waals surface area contributed by atoms with E-state index < -0.39 is 10.0 Å². The molecule has 0 aliphatic carbocycles. The number of carbonyl (C=O) groups is 1. The Morgan fingerprint density at radius 1 is 1.04 bits per heavy atom. The van der Waals surface area contributed by atoms with Gasteiger partial charge in [0.05, 0.1) is 18.5 Å². The molecule has 0 aromatic heterocycles. The second-order valence-corrected chi connectivity index (χ2v) is 8.08. The molecule has 134 valence electrons. The molecule has 0 bridgehead atoms. The SMILES string of the molecule is CCNC(=O)c1ccc(CN(c2cc(C)cc(C)c2)S(C)(=O)=O)cc1. The molecule has 0 aliphatic rings. The summed E-state index contributed by atoms with van der Waals surface area (Å²) in [5.74, 6) is -0.136. The van der Waals surface area contributed by atoms with Crippen molar-refractivity contribution in [2.75, 3.05) is 17.1 Å². The fourth-order valence-corrected chi connectivity index (χ4v) is 3.56. The highest BCUT2D eigenvalue weighted by molar-refractivity contribution is 7.92. The molecule has 0 aliphatic heterocycles. The highest BCUT2D eigenvalue weighted by atomic mass is 32.2. The Hall–Kier alpha value is -2.34. The Morgan fingerprint density at radius 3 is 2.08 bits per heavy atom. The molecule has 2 aromatic carbocycles. The number of nitrogens with zero attached hydrogens (tertiary/aromatic N) is 1. The first-order chi connectivity index (χ1) is 11.7. The first-order valence-electron chi connectivity index (χ1n) is 8.14. The average molecular weight is 360 g/mol. The predicted molar refractivity (Wildman–Crippen MR) is 101 cm³/mol. The maximum Gasteiger partial charge on any atom is 0.251 e. The minimum absolute atomic E-state index is 0.136. The summed E-state index contributed by atoms with van der Waals surface area (Å²) in [5, 5.41) is 2.74. The highest BCUT2D eigenvalue weighted by Gasteiger charge is 2.18. The highest BCUT2D eigenvalue weighted by Crippen LogP contribution is 2.23. The zero-order valence-corrected chi connectivity index (χ0v) is 15.9. The first kappa shape index (κ1) is 19.0. The van der Waals surface area contributed by atoms with Crippen molar-refractivity contribution in [3.05, 3.63) is 64.7 Å². The average Bonchev–Trinajstić information content (AvgIpc) is 2.51. The summed E-state index contributed by atoms with van der Waals surface area (Å²) in [4.78, 5) is 11.8. The van der Waals surface area contributed by atoms with Crippen LogP contribution in [0.5, 0.6) is 0 Å². The van der Waals surface area contributed by atoms with Crippen LogP contribution in [0, 0.1) is 13.8 Å². The molecule has 1 amide bonds. The number of nitrogens with one attached hydrogen (secondary N) is 1.